The summed E-state index contributed by atoms with van der Waals surface area (Å²) in [5.41, 5.74) is 2.60. The molecule has 2 aromatic carbocycles. The zero-order chi connectivity index (χ0) is 28.8. The van der Waals surface area contributed by atoms with Crippen LogP contribution in [0.2, 0.25) is 0 Å². The lowest BCUT2D eigenvalue weighted by Gasteiger charge is -2.36. The van der Waals surface area contributed by atoms with Gasteiger partial charge in [-0.3, -0.25) is 24.1 Å². The van der Waals surface area contributed by atoms with Crippen molar-refractivity contribution in [3.8, 4) is 5.75 Å². The highest BCUT2D eigenvalue weighted by molar-refractivity contribution is 6.01. The molecule has 0 aromatic heterocycles. The van der Waals surface area contributed by atoms with Gasteiger partial charge in [-0.25, -0.2) is 4.79 Å². The first-order valence-electron chi connectivity index (χ1n) is 13.0. The standard InChI is InChI=1S/C28H33N5O7/c1-18-5-3-4-6-21(18)29-28(39)30-22-8-7-19(13-24(22)40-2)14-25(35)33-16-20(34)15-23(33)27(38)32-11-9-31(10-12-32)17-26(36)37/h3-8,13,23H,9-12,14-17H2,1-2H3,(H,36,37)(H2,29,30,39)/t23-/m0/s1. The number of ketones is 1. The van der Waals surface area contributed by atoms with Crippen LogP contribution in [0.5, 0.6) is 5.75 Å². The molecule has 12 heteroatoms. The van der Waals surface area contributed by atoms with Crippen molar-refractivity contribution in [3.05, 3.63) is 53.6 Å². The summed E-state index contributed by atoms with van der Waals surface area (Å²) < 4.78 is 5.43. The molecule has 4 rings (SSSR count). The van der Waals surface area contributed by atoms with Crippen LogP contribution in [0.4, 0.5) is 16.2 Å². The van der Waals surface area contributed by atoms with E-state index in [4.69, 9.17) is 9.84 Å². The summed E-state index contributed by atoms with van der Waals surface area (Å²) in [6, 6.07) is 11.0. The Morgan fingerprint density at radius 2 is 1.70 bits per heavy atom. The fourth-order valence-electron chi connectivity index (χ4n) is 4.92. The maximum atomic E-state index is 13.2. The molecule has 0 saturated carbocycles. The van der Waals surface area contributed by atoms with Crippen molar-refractivity contribution in [3.63, 3.8) is 0 Å². The summed E-state index contributed by atoms with van der Waals surface area (Å²) in [6.45, 7) is 3.15. The number of likely N-dealkylation sites (tertiary alicyclic amines) is 1. The van der Waals surface area contributed by atoms with Gasteiger partial charge in [0.25, 0.3) is 0 Å². The number of methoxy groups -OCH3 is 1. The van der Waals surface area contributed by atoms with Gasteiger partial charge in [-0.2, -0.15) is 0 Å². The van der Waals surface area contributed by atoms with Crippen molar-refractivity contribution in [1.29, 1.82) is 0 Å². The molecule has 3 N–H and O–H groups in total. The lowest BCUT2D eigenvalue weighted by Crippen LogP contribution is -2.55. The summed E-state index contributed by atoms with van der Waals surface area (Å²) in [7, 11) is 1.45. The Labute approximate surface area is 231 Å². The van der Waals surface area contributed by atoms with E-state index in [0.29, 0.717) is 48.9 Å². The number of carbonyl (C=O) groups is 5. The van der Waals surface area contributed by atoms with Crippen molar-refractivity contribution < 1.29 is 33.8 Å². The van der Waals surface area contributed by atoms with Crippen LogP contribution in [0.1, 0.15) is 17.5 Å². The summed E-state index contributed by atoms with van der Waals surface area (Å²) >= 11 is 0. The number of aliphatic carboxylic acids is 1. The Hall–Kier alpha value is -4.45. The fourth-order valence-corrected chi connectivity index (χ4v) is 4.92. The number of Topliss-reactive ketones (excluding diaryl/α,β-unsaturated/α-hetero) is 1. The Morgan fingerprint density at radius 1 is 1.00 bits per heavy atom. The number of para-hydroxylation sites is 1. The molecule has 2 heterocycles. The third-order valence-electron chi connectivity index (χ3n) is 7.05. The van der Waals surface area contributed by atoms with Gasteiger partial charge in [0, 0.05) is 38.3 Å². The number of hydrogen-bond acceptors (Lipinski definition) is 7. The third-order valence-corrected chi connectivity index (χ3v) is 7.05. The second-order valence-corrected chi connectivity index (χ2v) is 9.88. The molecular formula is C28H33N5O7. The summed E-state index contributed by atoms with van der Waals surface area (Å²) in [5, 5.41) is 14.5. The molecule has 2 fully saturated rings. The van der Waals surface area contributed by atoms with E-state index >= 15 is 0 Å². The predicted molar refractivity (Wildman–Crippen MR) is 146 cm³/mol. The van der Waals surface area contributed by atoms with Gasteiger partial charge < -0.3 is 30.3 Å². The fraction of sp³-hybridized carbons (Fsp3) is 0.393. The summed E-state index contributed by atoms with van der Waals surface area (Å²) in [4.78, 5) is 66.9. The Morgan fingerprint density at radius 3 is 2.38 bits per heavy atom. The van der Waals surface area contributed by atoms with Gasteiger partial charge in [0.15, 0.2) is 5.78 Å². The van der Waals surface area contributed by atoms with Crippen LogP contribution in [0, 0.1) is 6.92 Å². The first kappa shape index (κ1) is 28.6. The van der Waals surface area contributed by atoms with E-state index in [-0.39, 0.29) is 43.5 Å². The lowest BCUT2D eigenvalue weighted by molar-refractivity contribution is -0.145. The molecule has 40 heavy (non-hydrogen) atoms. The molecule has 212 valence electrons. The molecule has 0 radical (unpaired) electrons. The molecule has 0 aliphatic carbocycles. The lowest BCUT2D eigenvalue weighted by atomic mass is 10.1. The number of hydrogen-bond donors (Lipinski definition) is 3. The maximum Gasteiger partial charge on any atom is 0.323 e. The topological polar surface area (TPSA) is 149 Å². The summed E-state index contributed by atoms with van der Waals surface area (Å²) in [6.07, 6.45) is -0.0996. The number of piperazine rings is 1. The number of aryl methyl sites for hydroxylation is 1. The summed E-state index contributed by atoms with van der Waals surface area (Å²) in [5.74, 6) is -1.42. The molecule has 0 bridgehead atoms. The van der Waals surface area contributed by atoms with E-state index in [9.17, 15) is 24.0 Å². The van der Waals surface area contributed by atoms with Gasteiger partial charge >= 0.3 is 12.0 Å². The van der Waals surface area contributed by atoms with Gasteiger partial charge in [0.2, 0.25) is 11.8 Å². The molecule has 12 nitrogen and oxygen atoms in total. The third kappa shape index (κ3) is 6.94. The van der Waals surface area contributed by atoms with Crippen molar-refractivity contribution in [2.75, 3.05) is 57.0 Å². The minimum atomic E-state index is -0.927. The SMILES string of the molecule is COc1cc(CC(=O)N2CC(=O)C[C@H]2C(=O)N2CCN(CC(=O)O)CC2)ccc1NC(=O)Nc1ccccc1C. The zero-order valence-electron chi connectivity index (χ0n) is 22.5. The van der Waals surface area contributed by atoms with E-state index in [1.54, 1.807) is 34.1 Å². The van der Waals surface area contributed by atoms with E-state index < -0.39 is 18.0 Å². The average molecular weight is 552 g/mol. The Bertz CT molecular complexity index is 1310. The largest absolute Gasteiger partial charge is 0.495 e. The Kier molecular flexibility index (Phi) is 9.00. The highest BCUT2D eigenvalue weighted by Gasteiger charge is 2.41. The van der Waals surface area contributed by atoms with E-state index in [2.05, 4.69) is 10.6 Å². The van der Waals surface area contributed by atoms with Gasteiger partial charge in [-0.1, -0.05) is 24.3 Å². The van der Waals surface area contributed by atoms with Crippen LogP contribution in [0.3, 0.4) is 0 Å². The molecule has 0 unspecified atom stereocenters. The number of amides is 4. The number of rotatable bonds is 8. The second-order valence-electron chi connectivity index (χ2n) is 9.88. The van der Waals surface area contributed by atoms with Gasteiger partial charge in [0.05, 0.1) is 32.3 Å². The van der Waals surface area contributed by atoms with Crippen molar-refractivity contribution in [1.82, 2.24) is 14.7 Å². The molecule has 4 amide bonds. The molecule has 0 spiro atoms. The predicted octanol–water partition coefficient (Wildman–Crippen LogP) is 1.59. The zero-order valence-corrected chi connectivity index (χ0v) is 22.5. The van der Waals surface area contributed by atoms with Crippen LogP contribution in [0.15, 0.2) is 42.5 Å². The minimum Gasteiger partial charge on any atom is -0.495 e. The first-order valence-corrected chi connectivity index (χ1v) is 13.0. The van der Waals surface area contributed by atoms with E-state index in [1.165, 1.54) is 12.0 Å². The molecule has 2 aliphatic rings. The van der Waals surface area contributed by atoms with Gasteiger partial charge in [-0.15, -0.1) is 0 Å². The van der Waals surface area contributed by atoms with Gasteiger partial charge in [-0.05, 0) is 36.2 Å². The monoisotopic (exact) mass is 551 g/mol. The number of nitrogens with zero attached hydrogens (tertiary/aromatic N) is 3. The van der Waals surface area contributed by atoms with Crippen LogP contribution in [-0.4, -0.2) is 102 Å². The van der Waals surface area contributed by atoms with Crippen molar-refractivity contribution in [2.24, 2.45) is 0 Å². The number of anilines is 2. The van der Waals surface area contributed by atoms with E-state index in [0.717, 1.165) is 5.56 Å². The van der Waals surface area contributed by atoms with Crippen LogP contribution >= 0.6 is 0 Å². The van der Waals surface area contributed by atoms with Crippen LogP contribution in [-0.2, 0) is 25.6 Å². The second kappa shape index (κ2) is 12.6. The molecule has 2 aromatic rings. The van der Waals surface area contributed by atoms with E-state index in [1.807, 2.05) is 25.1 Å². The smallest absolute Gasteiger partial charge is 0.323 e. The Balaban J connectivity index is 1.38. The number of carboxylic acids is 1. The number of urea groups is 1. The number of carboxylic acid groups (broad SMARTS) is 1. The molecule has 1 atom stereocenters. The highest BCUT2D eigenvalue weighted by Crippen LogP contribution is 2.27. The maximum absolute atomic E-state index is 13.2. The first-order chi connectivity index (χ1) is 19.1. The van der Waals surface area contributed by atoms with Crippen molar-refractivity contribution in [2.45, 2.75) is 25.8 Å². The minimum absolute atomic E-state index is 0.0396. The number of benzene rings is 2. The molecule has 2 saturated heterocycles. The normalized spacial score (nSPS) is 17.4. The highest BCUT2D eigenvalue weighted by atomic mass is 16.5. The number of nitrogens with one attached hydrogen (secondary N) is 2. The van der Waals surface area contributed by atoms with Gasteiger partial charge in [0.1, 0.15) is 11.8 Å². The average Bonchev–Trinajstić information content (AvgIpc) is 3.32. The van der Waals surface area contributed by atoms with Crippen molar-refractivity contribution >= 4 is 41.0 Å². The molecule has 2 aliphatic heterocycles. The number of carbonyl (C=O) groups excluding carboxylic acids is 4. The van der Waals surface area contributed by atoms with Crippen LogP contribution < -0.4 is 15.4 Å². The number of ether oxygens (including phenoxy) is 1. The molecular weight excluding hydrogens is 518 g/mol. The van der Waals surface area contributed by atoms with Crippen LogP contribution in [0.25, 0.3) is 0 Å². The quantitative estimate of drug-likeness (QED) is 0.448.